The standard InChI is InChI=1S/C8H7BO2S.C2H6/c10-9(11)8-5-6-3-1-2-4-7(6)12-8;1-2/h1-5,10-11H;1-2H3. The number of hydrogen-bond acceptors (Lipinski definition) is 3. The predicted molar refractivity (Wildman–Crippen MR) is 63.0 cm³/mol. The number of thiophene rings is 1. The Bertz CT molecular complexity index is 365. The molecule has 0 aliphatic carbocycles. The Labute approximate surface area is 88.0 Å². The molecule has 2 N–H and O–H groups in total. The van der Waals surface area contributed by atoms with Crippen molar-refractivity contribution in [1.82, 2.24) is 0 Å². The van der Waals surface area contributed by atoms with Crippen LogP contribution in [0.3, 0.4) is 0 Å². The molecule has 0 bridgehead atoms. The van der Waals surface area contributed by atoms with E-state index in [2.05, 4.69) is 0 Å². The molecule has 0 radical (unpaired) electrons. The Balaban J connectivity index is 0.000000461. The Morgan fingerprint density at radius 1 is 1.14 bits per heavy atom. The lowest BCUT2D eigenvalue weighted by molar-refractivity contribution is 0.427. The second-order valence-corrected chi connectivity index (χ2v) is 3.68. The lowest BCUT2D eigenvalue weighted by Gasteiger charge is -1.87. The first-order chi connectivity index (χ1) is 6.77. The first kappa shape index (κ1) is 11.2. The molecule has 0 saturated heterocycles. The third-order valence-corrected chi connectivity index (χ3v) is 2.86. The van der Waals surface area contributed by atoms with E-state index in [0.29, 0.717) is 4.78 Å². The van der Waals surface area contributed by atoms with Gasteiger partial charge < -0.3 is 10.0 Å². The highest BCUT2D eigenvalue weighted by molar-refractivity contribution is 7.27. The van der Waals surface area contributed by atoms with E-state index in [1.807, 2.05) is 38.1 Å². The van der Waals surface area contributed by atoms with Crippen LogP contribution in [0.15, 0.2) is 30.3 Å². The minimum absolute atomic E-state index is 0.594. The van der Waals surface area contributed by atoms with Crippen molar-refractivity contribution in [2.75, 3.05) is 0 Å². The molecule has 2 aromatic rings. The van der Waals surface area contributed by atoms with E-state index in [0.717, 1.165) is 10.1 Å². The van der Waals surface area contributed by atoms with E-state index in [9.17, 15) is 0 Å². The zero-order valence-electron chi connectivity index (χ0n) is 8.27. The van der Waals surface area contributed by atoms with Gasteiger partial charge in [-0.05, 0) is 17.5 Å². The number of benzene rings is 1. The van der Waals surface area contributed by atoms with Crippen LogP contribution < -0.4 is 4.78 Å². The lowest BCUT2D eigenvalue weighted by atomic mass is 9.89. The molecule has 0 atom stereocenters. The lowest BCUT2D eigenvalue weighted by Crippen LogP contribution is -2.26. The molecule has 2 rings (SSSR count). The van der Waals surface area contributed by atoms with Gasteiger partial charge in [0, 0.05) is 9.48 Å². The molecule has 0 aliphatic rings. The molecule has 0 unspecified atom stereocenters. The summed E-state index contributed by atoms with van der Waals surface area (Å²) in [6.45, 7) is 4.00. The van der Waals surface area contributed by atoms with Crippen LogP contribution in [-0.4, -0.2) is 17.2 Å². The van der Waals surface area contributed by atoms with E-state index >= 15 is 0 Å². The van der Waals surface area contributed by atoms with Gasteiger partial charge in [-0.15, -0.1) is 11.3 Å². The highest BCUT2D eigenvalue weighted by Crippen LogP contribution is 2.17. The molecule has 0 saturated carbocycles. The van der Waals surface area contributed by atoms with Crippen LogP contribution in [0.2, 0.25) is 0 Å². The van der Waals surface area contributed by atoms with Gasteiger partial charge in [0.05, 0.1) is 0 Å². The second kappa shape index (κ2) is 5.15. The van der Waals surface area contributed by atoms with Gasteiger partial charge in [-0.25, -0.2) is 0 Å². The fourth-order valence-corrected chi connectivity index (χ4v) is 2.07. The fraction of sp³-hybridized carbons (Fsp3) is 0.200. The smallest absolute Gasteiger partial charge is 0.423 e. The van der Waals surface area contributed by atoms with Crippen LogP contribution >= 0.6 is 11.3 Å². The molecule has 0 fully saturated rings. The van der Waals surface area contributed by atoms with Gasteiger partial charge in [-0.3, -0.25) is 0 Å². The predicted octanol–water partition coefficient (Wildman–Crippen LogP) is 1.61. The third-order valence-electron chi connectivity index (χ3n) is 1.70. The zero-order valence-corrected chi connectivity index (χ0v) is 9.08. The van der Waals surface area contributed by atoms with E-state index < -0.39 is 7.12 Å². The summed E-state index contributed by atoms with van der Waals surface area (Å²) in [5.41, 5.74) is 0. The average molecular weight is 208 g/mol. The molecule has 1 aromatic heterocycles. The fourth-order valence-electron chi connectivity index (χ4n) is 1.13. The third kappa shape index (κ3) is 2.35. The summed E-state index contributed by atoms with van der Waals surface area (Å²) in [6.07, 6.45) is 0. The topological polar surface area (TPSA) is 40.5 Å². The van der Waals surface area contributed by atoms with Crippen molar-refractivity contribution in [1.29, 1.82) is 0 Å². The van der Waals surface area contributed by atoms with Gasteiger partial charge >= 0.3 is 7.12 Å². The molecule has 0 aliphatic heterocycles. The molecule has 0 amide bonds. The summed E-state index contributed by atoms with van der Waals surface area (Å²) < 4.78 is 1.68. The van der Waals surface area contributed by atoms with Crippen LogP contribution in [0.4, 0.5) is 0 Å². The molecule has 0 spiro atoms. The van der Waals surface area contributed by atoms with Crippen LogP contribution in [0.25, 0.3) is 10.1 Å². The summed E-state index contributed by atoms with van der Waals surface area (Å²) in [7, 11) is -1.35. The van der Waals surface area contributed by atoms with Gasteiger partial charge in [0.1, 0.15) is 0 Å². The van der Waals surface area contributed by atoms with Gasteiger partial charge in [0.25, 0.3) is 0 Å². The first-order valence-corrected chi connectivity index (χ1v) is 5.43. The van der Waals surface area contributed by atoms with Gasteiger partial charge in [0.15, 0.2) is 0 Å². The molecular formula is C10H13BO2S. The van der Waals surface area contributed by atoms with Gasteiger partial charge in [-0.2, -0.15) is 0 Å². The van der Waals surface area contributed by atoms with E-state index in [-0.39, 0.29) is 0 Å². The largest absolute Gasteiger partial charge is 0.499 e. The Kier molecular flexibility index (Phi) is 4.13. The monoisotopic (exact) mass is 208 g/mol. The molecule has 1 aromatic carbocycles. The minimum atomic E-state index is -1.35. The van der Waals surface area contributed by atoms with Crippen LogP contribution in [0, 0.1) is 0 Å². The number of fused-ring (bicyclic) bond motifs is 1. The summed E-state index contributed by atoms with van der Waals surface area (Å²) >= 11 is 1.41. The first-order valence-electron chi connectivity index (χ1n) is 4.62. The van der Waals surface area contributed by atoms with Crippen molar-refractivity contribution in [3.63, 3.8) is 0 Å². The Morgan fingerprint density at radius 2 is 1.79 bits per heavy atom. The summed E-state index contributed by atoms with van der Waals surface area (Å²) in [5.74, 6) is 0. The quantitative estimate of drug-likeness (QED) is 0.699. The van der Waals surface area contributed by atoms with E-state index in [1.54, 1.807) is 6.07 Å². The van der Waals surface area contributed by atoms with E-state index in [1.165, 1.54) is 11.3 Å². The van der Waals surface area contributed by atoms with Crippen molar-refractivity contribution in [2.45, 2.75) is 13.8 Å². The maximum Gasteiger partial charge on any atom is 0.499 e. The highest BCUT2D eigenvalue weighted by Gasteiger charge is 2.13. The summed E-state index contributed by atoms with van der Waals surface area (Å²) in [4.78, 5) is 0. The maximum absolute atomic E-state index is 8.89. The molecule has 2 nitrogen and oxygen atoms in total. The van der Waals surface area contributed by atoms with Crippen molar-refractivity contribution in [3.8, 4) is 0 Å². The second-order valence-electron chi connectivity index (χ2n) is 2.56. The van der Waals surface area contributed by atoms with Crippen molar-refractivity contribution < 1.29 is 10.0 Å². The Hall–Kier alpha value is -0.835. The van der Waals surface area contributed by atoms with Crippen LogP contribution in [-0.2, 0) is 0 Å². The van der Waals surface area contributed by atoms with Gasteiger partial charge in [0.2, 0.25) is 0 Å². The van der Waals surface area contributed by atoms with Gasteiger partial charge in [-0.1, -0.05) is 32.0 Å². The highest BCUT2D eigenvalue weighted by atomic mass is 32.1. The van der Waals surface area contributed by atoms with Crippen LogP contribution in [0.5, 0.6) is 0 Å². The maximum atomic E-state index is 8.89. The normalized spacial score (nSPS) is 9.43. The summed E-state index contributed by atoms with van der Waals surface area (Å²) in [6, 6.07) is 9.59. The minimum Gasteiger partial charge on any atom is -0.423 e. The molecule has 1 heterocycles. The van der Waals surface area contributed by atoms with E-state index in [4.69, 9.17) is 10.0 Å². The molecule has 14 heavy (non-hydrogen) atoms. The zero-order chi connectivity index (χ0) is 10.6. The number of hydrogen-bond donors (Lipinski definition) is 2. The summed E-state index contributed by atoms with van der Waals surface area (Å²) in [5, 5.41) is 18.8. The average Bonchev–Trinajstić information content (AvgIpc) is 2.64. The SMILES string of the molecule is CC.OB(O)c1cc2ccccc2s1. The molecule has 4 heteroatoms. The van der Waals surface area contributed by atoms with Crippen molar-refractivity contribution in [3.05, 3.63) is 30.3 Å². The van der Waals surface area contributed by atoms with Crippen molar-refractivity contribution in [2.24, 2.45) is 0 Å². The molecular weight excluding hydrogens is 195 g/mol. The molecule has 74 valence electrons. The Morgan fingerprint density at radius 3 is 2.36 bits per heavy atom. The number of rotatable bonds is 1. The van der Waals surface area contributed by atoms with Crippen molar-refractivity contribution >= 4 is 33.3 Å². The van der Waals surface area contributed by atoms with Crippen LogP contribution in [0.1, 0.15) is 13.8 Å².